The number of halogens is 3. The molecule has 6 nitrogen and oxygen atoms in total. The van der Waals surface area contributed by atoms with Crippen LogP contribution in [0.2, 0.25) is 0 Å². The highest BCUT2D eigenvalue weighted by Crippen LogP contribution is 2.31. The van der Waals surface area contributed by atoms with E-state index in [0.29, 0.717) is 36.9 Å². The van der Waals surface area contributed by atoms with Gasteiger partial charge in [0.25, 0.3) is 0 Å². The number of methoxy groups -OCH3 is 1. The smallest absolute Gasteiger partial charge is 0.222 e. The van der Waals surface area contributed by atoms with Crippen molar-refractivity contribution in [3.63, 3.8) is 0 Å². The van der Waals surface area contributed by atoms with Crippen LogP contribution in [0.15, 0.2) is 30.3 Å². The first-order valence-corrected chi connectivity index (χ1v) is 13.1. The van der Waals surface area contributed by atoms with Crippen molar-refractivity contribution in [2.45, 2.75) is 57.2 Å². The molecule has 1 aromatic carbocycles. The van der Waals surface area contributed by atoms with E-state index in [1.54, 1.807) is 7.11 Å². The summed E-state index contributed by atoms with van der Waals surface area (Å²) >= 11 is 0. The Kier molecular flexibility index (Phi) is 15.9. The molecule has 4 rings (SSSR count). The third-order valence-electron chi connectivity index (χ3n) is 8.02. The Bertz CT molecular complexity index is 737. The molecule has 3 aliphatic rings. The van der Waals surface area contributed by atoms with Crippen molar-refractivity contribution in [2.24, 2.45) is 11.8 Å². The quantitative estimate of drug-likeness (QED) is 0.463. The molecule has 0 aliphatic carbocycles. The van der Waals surface area contributed by atoms with Crippen LogP contribution in [0.1, 0.15) is 44.1 Å². The topological polar surface area (TPSA) is 48.1 Å². The average molecular weight is 566 g/mol. The Labute approximate surface area is 237 Å². The fraction of sp³-hybridized carbons (Fsp3) is 0.741. The summed E-state index contributed by atoms with van der Waals surface area (Å²) in [6.45, 7) is 8.07. The summed E-state index contributed by atoms with van der Waals surface area (Å²) < 4.78 is 5.31. The van der Waals surface area contributed by atoms with E-state index < -0.39 is 0 Å². The van der Waals surface area contributed by atoms with Gasteiger partial charge in [0.05, 0.1) is 6.61 Å². The van der Waals surface area contributed by atoms with Gasteiger partial charge in [-0.3, -0.25) is 9.69 Å². The number of carbonyl (C=O) groups is 1. The number of hydrogen-bond donors (Lipinski definition) is 1. The van der Waals surface area contributed by atoms with Gasteiger partial charge in [-0.15, -0.1) is 37.2 Å². The van der Waals surface area contributed by atoms with Crippen LogP contribution in [0, 0.1) is 11.8 Å². The number of fused-ring (bicyclic) bond motifs is 2. The van der Waals surface area contributed by atoms with Crippen molar-refractivity contribution in [1.29, 1.82) is 0 Å². The van der Waals surface area contributed by atoms with Crippen LogP contribution in [-0.2, 0) is 16.1 Å². The highest BCUT2D eigenvalue weighted by molar-refractivity contribution is 5.86. The molecule has 0 radical (unpaired) electrons. The molecule has 36 heavy (non-hydrogen) atoms. The number of likely N-dealkylation sites (tertiary alicyclic amines) is 2. The Morgan fingerprint density at radius 1 is 1.11 bits per heavy atom. The van der Waals surface area contributed by atoms with Gasteiger partial charge in [0, 0.05) is 51.8 Å². The molecule has 3 atom stereocenters. The number of rotatable bonds is 10. The fourth-order valence-corrected chi connectivity index (χ4v) is 6.21. The molecule has 3 aliphatic heterocycles. The lowest BCUT2D eigenvalue weighted by molar-refractivity contribution is -0.135. The number of hydrogen-bond acceptors (Lipinski definition) is 5. The normalized spacial score (nSPS) is 24.7. The Balaban J connectivity index is 0.00000216. The first kappa shape index (κ1) is 33.4. The van der Waals surface area contributed by atoms with E-state index in [9.17, 15) is 4.79 Å². The minimum atomic E-state index is 0. The number of carbonyl (C=O) groups excluding carboxylic acids is 1. The predicted octanol–water partition coefficient (Wildman–Crippen LogP) is 4.10. The Hall–Kier alpha value is -0.600. The standard InChI is InChI=1S/C27H44N4O2.3ClH/c1-29-13-11-25(12-14-29)31(15-16-33-2)27(32)10-6-9-26-24-17-23(18-28-26)20-30(21-24)19-22-7-4-3-5-8-22;;;/h3-5,7-8,23-26,28H,6,9-21H2,1-2H3;3*1H/t23-,24+,26+;;;/m0.../s1. The van der Waals surface area contributed by atoms with Crippen molar-refractivity contribution in [2.75, 3.05) is 60.0 Å². The fourth-order valence-electron chi connectivity index (χ4n) is 6.21. The van der Waals surface area contributed by atoms with Gasteiger partial charge in [0.2, 0.25) is 5.91 Å². The number of benzene rings is 1. The predicted molar refractivity (Wildman–Crippen MR) is 155 cm³/mol. The first-order valence-electron chi connectivity index (χ1n) is 13.1. The lowest BCUT2D eigenvalue weighted by atomic mass is 9.79. The average Bonchev–Trinajstić information content (AvgIpc) is 2.82. The summed E-state index contributed by atoms with van der Waals surface area (Å²) in [5.74, 6) is 1.79. The molecule has 0 unspecified atom stereocenters. The minimum absolute atomic E-state index is 0. The second kappa shape index (κ2) is 17.1. The van der Waals surface area contributed by atoms with Gasteiger partial charge in [0.15, 0.2) is 0 Å². The maximum Gasteiger partial charge on any atom is 0.222 e. The second-order valence-corrected chi connectivity index (χ2v) is 10.6. The van der Waals surface area contributed by atoms with E-state index in [4.69, 9.17) is 4.74 Å². The van der Waals surface area contributed by atoms with Gasteiger partial charge in [-0.1, -0.05) is 30.3 Å². The van der Waals surface area contributed by atoms with Gasteiger partial charge >= 0.3 is 0 Å². The maximum absolute atomic E-state index is 13.2. The third kappa shape index (κ3) is 9.61. The van der Waals surface area contributed by atoms with Crippen LogP contribution >= 0.6 is 37.2 Å². The van der Waals surface area contributed by atoms with E-state index in [-0.39, 0.29) is 37.2 Å². The zero-order valence-corrected chi connectivity index (χ0v) is 24.4. The van der Waals surface area contributed by atoms with Crippen LogP contribution in [0.4, 0.5) is 0 Å². The zero-order valence-electron chi connectivity index (χ0n) is 22.0. The summed E-state index contributed by atoms with van der Waals surface area (Å²) in [6, 6.07) is 11.8. The van der Waals surface area contributed by atoms with Crippen molar-refractivity contribution in [3.8, 4) is 0 Å². The summed E-state index contributed by atoms with van der Waals surface area (Å²) in [5.41, 5.74) is 1.41. The minimum Gasteiger partial charge on any atom is -0.383 e. The van der Waals surface area contributed by atoms with Crippen molar-refractivity contribution >= 4 is 43.1 Å². The number of nitrogens with zero attached hydrogens (tertiary/aromatic N) is 3. The number of amides is 1. The van der Waals surface area contributed by atoms with E-state index >= 15 is 0 Å². The molecule has 3 fully saturated rings. The Morgan fingerprint density at radius 2 is 1.83 bits per heavy atom. The van der Waals surface area contributed by atoms with Gasteiger partial charge in [-0.05, 0) is 76.2 Å². The SMILES string of the molecule is COCCN(C(=O)CCC[C@H]1NC[C@@H]2C[C@@H]1CN(Cc1ccccc1)C2)C1CCN(C)CC1.Cl.Cl.Cl. The van der Waals surface area contributed by atoms with Gasteiger partial charge < -0.3 is 19.9 Å². The maximum atomic E-state index is 13.2. The van der Waals surface area contributed by atoms with E-state index in [0.717, 1.165) is 64.3 Å². The molecule has 2 bridgehead atoms. The molecule has 3 saturated heterocycles. The molecule has 1 aromatic rings. The molecule has 9 heteroatoms. The van der Waals surface area contributed by atoms with Crippen molar-refractivity contribution in [1.82, 2.24) is 20.0 Å². The third-order valence-corrected chi connectivity index (χ3v) is 8.02. The van der Waals surface area contributed by atoms with Crippen LogP contribution in [0.5, 0.6) is 0 Å². The number of ether oxygens (including phenoxy) is 1. The van der Waals surface area contributed by atoms with Crippen LogP contribution in [0.25, 0.3) is 0 Å². The Morgan fingerprint density at radius 3 is 2.53 bits per heavy atom. The lowest BCUT2D eigenvalue weighted by Gasteiger charge is -2.46. The molecule has 0 saturated carbocycles. The summed E-state index contributed by atoms with van der Waals surface area (Å²) in [6.07, 6.45) is 6.25. The summed E-state index contributed by atoms with van der Waals surface area (Å²) in [4.78, 5) is 20.3. The number of piperidine rings is 3. The highest BCUT2D eigenvalue weighted by Gasteiger charge is 2.36. The van der Waals surface area contributed by atoms with Crippen molar-refractivity contribution in [3.05, 3.63) is 35.9 Å². The molecule has 3 heterocycles. The zero-order chi connectivity index (χ0) is 23.0. The monoisotopic (exact) mass is 564 g/mol. The second-order valence-electron chi connectivity index (χ2n) is 10.6. The van der Waals surface area contributed by atoms with Gasteiger partial charge in [0.1, 0.15) is 0 Å². The molecule has 208 valence electrons. The number of nitrogens with one attached hydrogen (secondary N) is 1. The van der Waals surface area contributed by atoms with Crippen LogP contribution in [0.3, 0.4) is 0 Å². The molecular weight excluding hydrogens is 519 g/mol. The molecule has 0 spiro atoms. The van der Waals surface area contributed by atoms with E-state index in [1.807, 2.05) is 0 Å². The summed E-state index contributed by atoms with van der Waals surface area (Å²) in [7, 11) is 3.90. The highest BCUT2D eigenvalue weighted by atomic mass is 35.5. The van der Waals surface area contributed by atoms with Crippen molar-refractivity contribution < 1.29 is 9.53 Å². The largest absolute Gasteiger partial charge is 0.383 e. The molecule has 1 amide bonds. The molecular formula is C27H47Cl3N4O2. The van der Waals surface area contributed by atoms with E-state index in [2.05, 4.69) is 57.4 Å². The van der Waals surface area contributed by atoms with Gasteiger partial charge in [-0.25, -0.2) is 0 Å². The van der Waals surface area contributed by atoms with E-state index in [1.165, 1.54) is 25.1 Å². The summed E-state index contributed by atoms with van der Waals surface area (Å²) in [5, 5.41) is 3.83. The molecule has 1 N–H and O–H groups in total. The van der Waals surface area contributed by atoms with Crippen LogP contribution < -0.4 is 5.32 Å². The van der Waals surface area contributed by atoms with Gasteiger partial charge in [-0.2, -0.15) is 0 Å². The first-order chi connectivity index (χ1) is 16.1. The molecule has 0 aromatic heterocycles. The lowest BCUT2D eigenvalue weighted by Crippen LogP contribution is -2.55. The van der Waals surface area contributed by atoms with Crippen LogP contribution in [-0.4, -0.2) is 92.7 Å².